The van der Waals surface area contributed by atoms with E-state index in [1.54, 1.807) is 6.92 Å². The van der Waals surface area contributed by atoms with Gasteiger partial charge in [-0.15, -0.1) is 0 Å². The van der Waals surface area contributed by atoms with Crippen LogP contribution in [0.5, 0.6) is 0 Å². The highest BCUT2D eigenvalue weighted by atomic mass is 35.5. The van der Waals surface area contributed by atoms with Gasteiger partial charge < -0.3 is 10.4 Å². The fourth-order valence-corrected chi connectivity index (χ4v) is 1.35. The molecule has 0 fully saturated rings. The number of aliphatic carboxylic acids is 1. The average molecular weight is 246 g/mol. The molecule has 1 unspecified atom stereocenters. The monoisotopic (exact) mass is 245 g/mol. The molecule has 2 N–H and O–H groups in total. The van der Waals surface area contributed by atoms with Gasteiger partial charge in [-0.25, -0.2) is 4.79 Å². The van der Waals surface area contributed by atoms with Crippen molar-refractivity contribution >= 4 is 23.5 Å². The van der Waals surface area contributed by atoms with Crippen LogP contribution in [-0.4, -0.2) is 32.8 Å². The van der Waals surface area contributed by atoms with Crippen LogP contribution < -0.4 is 5.32 Å². The molecule has 88 valence electrons. The van der Waals surface area contributed by atoms with Crippen molar-refractivity contribution < 1.29 is 14.7 Å². The first-order chi connectivity index (χ1) is 7.41. The largest absolute Gasteiger partial charge is 0.480 e. The van der Waals surface area contributed by atoms with E-state index in [1.807, 2.05) is 0 Å². The number of nitrogens with zero attached hydrogens (tertiary/aromatic N) is 2. The summed E-state index contributed by atoms with van der Waals surface area (Å²) in [6.07, 6.45) is 1.43. The molecule has 0 saturated heterocycles. The summed E-state index contributed by atoms with van der Waals surface area (Å²) in [5, 5.41) is 15.6. The third-order valence-corrected chi connectivity index (χ3v) is 2.45. The average Bonchev–Trinajstić information content (AvgIpc) is 2.47. The minimum atomic E-state index is -1.11. The highest BCUT2D eigenvalue weighted by molar-refractivity contribution is 6.31. The quantitative estimate of drug-likeness (QED) is 0.806. The molecule has 1 heterocycles. The Kier molecular flexibility index (Phi) is 3.89. The predicted molar refractivity (Wildman–Crippen MR) is 57.2 cm³/mol. The van der Waals surface area contributed by atoms with Crippen LogP contribution in [0.25, 0.3) is 0 Å². The standard InChI is InChI=1S/C9H12ClN3O3/c1-5-7(10)3-11-13(5)4-8(9(15)16)12-6(2)14/h3,8H,4H2,1-2H3,(H,12,14)(H,15,16). The summed E-state index contributed by atoms with van der Waals surface area (Å²) in [7, 11) is 0. The van der Waals surface area contributed by atoms with Crippen molar-refractivity contribution in [1.29, 1.82) is 0 Å². The van der Waals surface area contributed by atoms with Gasteiger partial charge in [-0.1, -0.05) is 11.6 Å². The Hall–Kier alpha value is -1.56. The molecule has 0 aliphatic heterocycles. The lowest BCUT2D eigenvalue weighted by atomic mass is 10.3. The zero-order valence-electron chi connectivity index (χ0n) is 8.90. The maximum Gasteiger partial charge on any atom is 0.328 e. The normalized spacial score (nSPS) is 12.2. The molecule has 0 bridgehead atoms. The second kappa shape index (κ2) is 4.98. The van der Waals surface area contributed by atoms with E-state index in [0.29, 0.717) is 10.7 Å². The third kappa shape index (κ3) is 2.96. The summed E-state index contributed by atoms with van der Waals surface area (Å²) in [5.74, 6) is -1.51. The molecule has 6 nitrogen and oxygen atoms in total. The molecule has 0 spiro atoms. The summed E-state index contributed by atoms with van der Waals surface area (Å²) in [4.78, 5) is 21.7. The van der Waals surface area contributed by atoms with Gasteiger partial charge in [0.1, 0.15) is 6.04 Å². The molecule has 0 aliphatic rings. The van der Waals surface area contributed by atoms with Crippen molar-refractivity contribution in [2.24, 2.45) is 0 Å². The van der Waals surface area contributed by atoms with Gasteiger partial charge >= 0.3 is 5.97 Å². The number of hydrogen-bond donors (Lipinski definition) is 2. The fraction of sp³-hybridized carbons (Fsp3) is 0.444. The zero-order valence-corrected chi connectivity index (χ0v) is 9.65. The van der Waals surface area contributed by atoms with E-state index in [-0.39, 0.29) is 6.54 Å². The first-order valence-corrected chi connectivity index (χ1v) is 4.97. The van der Waals surface area contributed by atoms with Crippen LogP contribution in [-0.2, 0) is 16.1 Å². The number of rotatable bonds is 4. The van der Waals surface area contributed by atoms with E-state index in [2.05, 4.69) is 10.4 Å². The van der Waals surface area contributed by atoms with Crippen molar-refractivity contribution in [3.05, 3.63) is 16.9 Å². The summed E-state index contributed by atoms with van der Waals surface area (Å²) in [6.45, 7) is 3.04. The number of nitrogens with one attached hydrogen (secondary N) is 1. The number of aromatic nitrogens is 2. The third-order valence-electron chi connectivity index (χ3n) is 2.07. The van der Waals surface area contributed by atoms with Gasteiger partial charge in [0.05, 0.1) is 23.5 Å². The molecule has 1 rings (SSSR count). The molecule has 1 amide bonds. The van der Waals surface area contributed by atoms with Gasteiger partial charge in [-0.05, 0) is 6.92 Å². The minimum absolute atomic E-state index is 0.0491. The molecule has 7 heteroatoms. The Morgan fingerprint density at radius 2 is 2.31 bits per heavy atom. The molecule has 0 radical (unpaired) electrons. The van der Waals surface area contributed by atoms with Gasteiger partial charge in [-0.3, -0.25) is 9.48 Å². The van der Waals surface area contributed by atoms with E-state index in [9.17, 15) is 9.59 Å². The highest BCUT2D eigenvalue weighted by Gasteiger charge is 2.20. The fourth-order valence-electron chi connectivity index (χ4n) is 1.21. The number of carbonyl (C=O) groups excluding carboxylic acids is 1. The number of amides is 1. The van der Waals surface area contributed by atoms with E-state index >= 15 is 0 Å². The predicted octanol–water partition coefficient (Wildman–Crippen LogP) is 0.434. The second-order valence-electron chi connectivity index (χ2n) is 3.35. The lowest BCUT2D eigenvalue weighted by molar-refractivity contribution is -0.142. The summed E-state index contributed by atoms with van der Waals surface area (Å²) < 4.78 is 1.44. The summed E-state index contributed by atoms with van der Waals surface area (Å²) >= 11 is 5.78. The Bertz CT molecular complexity index is 416. The topological polar surface area (TPSA) is 84.2 Å². The van der Waals surface area contributed by atoms with Gasteiger partial charge in [0.2, 0.25) is 5.91 Å². The Morgan fingerprint density at radius 1 is 1.69 bits per heavy atom. The minimum Gasteiger partial charge on any atom is -0.480 e. The molecular formula is C9H12ClN3O3. The van der Waals surface area contributed by atoms with Crippen LogP contribution in [0.2, 0.25) is 5.02 Å². The van der Waals surface area contributed by atoms with E-state index < -0.39 is 17.9 Å². The zero-order chi connectivity index (χ0) is 12.3. The smallest absolute Gasteiger partial charge is 0.328 e. The molecule has 16 heavy (non-hydrogen) atoms. The number of halogens is 1. The second-order valence-corrected chi connectivity index (χ2v) is 3.76. The van der Waals surface area contributed by atoms with E-state index in [4.69, 9.17) is 16.7 Å². The van der Waals surface area contributed by atoms with Crippen LogP contribution in [0, 0.1) is 6.92 Å². The SMILES string of the molecule is CC(=O)NC(Cn1ncc(Cl)c1C)C(=O)O. The number of carboxylic acid groups (broad SMARTS) is 1. The van der Waals surface area contributed by atoms with Crippen molar-refractivity contribution in [3.8, 4) is 0 Å². The van der Waals surface area contributed by atoms with Gasteiger partial charge in [-0.2, -0.15) is 5.10 Å². The highest BCUT2D eigenvalue weighted by Crippen LogP contribution is 2.13. The molecule has 0 saturated carbocycles. The number of carbonyl (C=O) groups is 2. The van der Waals surface area contributed by atoms with Gasteiger partial charge in [0.15, 0.2) is 0 Å². The Balaban J connectivity index is 2.79. The van der Waals surface area contributed by atoms with Crippen LogP contribution in [0.3, 0.4) is 0 Å². The van der Waals surface area contributed by atoms with Crippen LogP contribution in [0.1, 0.15) is 12.6 Å². The number of hydrogen-bond acceptors (Lipinski definition) is 3. The molecule has 0 aliphatic carbocycles. The summed E-state index contributed by atoms with van der Waals surface area (Å²) in [5.41, 5.74) is 0.665. The van der Waals surface area contributed by atoms with Gasteiger partial charge in [0, 0.05) is 6.92 Å². The molecule has 1 aromatic heterocycles. The van der Waals surface area contributed by atoms with E-state index in [1.165, 1.54) is 17.8 Å². The lowest BCUT2D eigenvalue weighted by Crippen LogP contribution is -2.43. The van der Waals surface area contributed by atoms with Crippen molar-refractivity contribution in [1.82, 2.24) is 15.1 Å². The van der Waals surface area contributed by atoms with Crippen LogP contribution in [0.15, 0.2) is 6.20 Å². The maximum atomic E-state index is 10.9. The maximum absolute atomic E-state index is 10.9. The van der Waals surface area contributed by atoms with Crippen LogP contribution >= 0.6 is 11.6 Å². The van der Waals surface area contributed by atoms with E-state index in [0.717, 1.165) is 0 Å². The first kappa shape index (κ1) is 12.5. The van der Waals surface area contributed by atoms with Gasteiger partial charge in [0.25, 0.3) is 0 Å². The number of carboxylic acids is 1. The van der Waals surface area contributed by atoms with Crippen molar-refractivity contribution in [3.63, 3.8) is 0 Å². The van der Waals surface area contributed by atoms with Crippen molar-refractivity contribution in [2.75, 3.05) is 0 Å². The summed E-state index contributed by atoms with van der Waals surface area (Å²) in [6, 6.07) is -1.01. The molecule has 1 atom stereocenters. The molecule has 1 aromatic rings. The van der Waals surface area contributed by atoms with Crippen LogP contribution in [0.4, 0.5) is 0 Å². The lowest BCUT2D eigenvalue weighted by Gasteiger charge is -2.14. The van der Waals surface area contributed by atoms with Crippen molar-refractivity contribution in [2.45, 2.75) is 26.4 Å². The first-order valence-electron chi connectivity index (χ1n) is 4.59. The molecule has 0 aromatic carbocycles. The Morgan fingerprint density at radius 3 is 2.69 bits per heavy atom. The molecular weight excluding hydrogens is 234 g/mol. The Labute approximate surface area is 97.2 Å².